The highest BCUT2D eigenvalue weighted by atomic mass is 79.9. The number of hydrogen-bond acceptors (Lipinski definition) is 4. The van der Waals surface area contributed by atoms with Gasteiger partial charge in [0.15, 0.2) is 11.5 Å². The minimum Gasteiger partial charge on any atom is -0.464 e. The predicted octanol–water partition coefficient (Wildman–Crippen LogP) is 2.21. The lowest BCUT2D eigenvalue weighted by molar-refractivity contribution is 0.0595. The van der Waals surface area contributed by atoms with E-state index in [1.807, 2.05) is 24.3 Å². The second kappa shape index (κ2) is 4.58. The quantitative estimate of drug-likeness (QED) is 0.832. The first-order valence-corrected chi connectivity index (χ1v) is 5.61. The third-order valence-electron chi connectivity index (χ3n) is 2.32. The molecule has 0 saturated heterocycles. The molecule has 0 aliphatic heterocycles. The van der Waals surface area contributed by atoms with E-state index >= 15 is 0 Å². The lowest BCUT2D eigenvalue weighted by Crippen LogP contribution is -2.03. The summed E-state index contributed by atoms with van der Waals surface area (Å²) in [6.07, 6.45) is 0. The van der Waals surface area contributed by atoms with Crippen molar-refractivity contribution in [2.75, 3.05) is 12.8 Å². The lowest BCUT2D eigenvalue weighted by Gasteiger charge is -2.03. The summed E-state index contributed by atoms with van der Waals surface area (Å²) in [5, 5.41) is 6.40. The Morgan fingerprint density at radius 2 is 2.06 bits per heavy atom. The van der Waals surface area contributed by atoms with Crippen LogP contribution < -0.4 is 5.73 Å². The van der Waals surface area contributed by atoms with Gasteiger partial charge in [0, 0.05) is 4.47 Å². The summed E-state index contributed by atoms with van der Waals surface area (Å²) >= 11 is 3.34. The Morgan fingerprint density at radius 3 is 2.65 bits per heavy atom. The van der Waals surface area contributed by atoms with Gasteiger partial charge in [0.05, 0.1) is 12.7 Å². The van der Waals surface area contributed by atoms with Crippen LogP contribution in [0.5, 0.6) is 0 Å². The van der Waals surface area contributed by atoms with Crippen LogP contribution in [-0.2, 0) is 4.74 Å². The van der Waals surface area contributed by atoms with Gasteiger partial charge in [-0.25, -0.2) is 4.79 Å². The number of halogens is 1. The molecule has 5 nitrogen and oxygen atoms in total. The Labute approximate surface area is 106 Å². The summed E-state index contributed by atoms with van der Waals surface area (Å²) < 4.78 is 5.61. The van der Waals surface area contributed by atoms with Crippen LogP contribution in [0, 0.1) is 0 Å². The molecule has 17 heavy (non-hydrogen) atoms. The van der Waals surface area contributed by atoms with E-state index in [9.17, 15) is 4.79 Å². The number of nitrogens with two attached hydrogens (primary N) is 1. The van der Waals surface area contributed by atoms with Gasteiger partial charge in [-0.15, -0.1) is 0 Å². The summed E-state index contributed by atoms with van der Waals surface area (Å²) in [6, 6.07) is 7.42. The first kappa shape index (κ1) is 11.7. The van der Waals surface area contributed by atoms with Crippen LogP contribution in [0.3, 0.4) is 0 Å². The van der Waals surface area contributed by atoms with Crippen LogP contribution in [0.2, 0.25) is 0 Å². The number of hydrogen-bond donors (Lipinski definition) is 2. The van der Waals surface area contributed by atoms with Crippen molar-refractivity contribution in [2.24, 2.45) is 0 Å². The first-order chi connectivity index (χ1) is 8.13. The minimum absolute atomic E-state index is 0.257. The molecule has 3 N–H and O–H groups in total. The number of aromatic amines is 1. The van der Waals surface area contributed by atoms with Crippen LogP contribution in [0.15, 0.2) is 28.7 Å². The molecule has 1 heterocycles. The zero-order valence-corrected chi connectivity index (χ0v) is 10.6. The number of ether oxygens (including phenoxy) is 1. The van der Waals surface area contributed by atoms with E-state index in [2.05, 4.69) is 30.9 Å². The molecule has 0 aliphatic carbocycles. The minimum atomic E-state index is -0.493. The van der Waals surface area contributed by atoms with Crippen molar-refractivity contribution in [1.82, 2.24) is 10.2 Å². The summed E-state index contributed by atoms with van der Waals surface area (Å²) in [5.74, 6) is -0.222. The molecule has 0 atom stereocenters. The number of nitrogens with one attached hydrogen (secondary N) is 1. The van der Waals surface area contributed by atoms with Gasteiger partial charge in [0.25, 0.3) is 0 Å². The first-order valence-electron chi connectivity index (χ1n) is 4.81. The number of rotatable bonds is 2. The van der Waals surface area contributed by atoms with Gasteiger partial charge in [0.2, 0.25) is 0 Å². The third-order valence-corrected chi connectivity index (χ3v) is 2.85. The predicted molar refractivity (Wildman–Crippen MR) is 67.5 cm³/mol. The van der Waals surface area contributed by atoms with E-state index in [-0.39, 0.29) is 11.5 Å². The molecule has 0 amide bonds. The molecule has 0 unspecified atom stereocenters. The molecule has 6 heteroatoms. The standard InChI is InChI=1S/C11H10BrN3O2/c1-17-11(16)9-8(10(13)15-14-9)6-2-4-7(12)5-3-6/h2-5H,1H3,(H3,13,14,15). The van der Waals surface area contributed by atoms with Gasteiger partial charge in [-0.3, -0.25) is 5.10 Å². The molecule has 0 fully saturated rings. The van der Waals surface area contributed by atoms with Crippen molar-refractivity contribution in [1.29, 1.82) is 0 Å². The number of carbonyl (C=O) groups is 1. The maximum absolute atomic E-state index is 11.5. The van der Waals surface area contributed by atoms with Gasteiger partial charge in [-0.2, -0.15) is 5.10 Å². The number of anilines is 1. The van der Waals surface area contributed by atoms with E-state index in [1.165, 1.54) is 7.11 Å². The molecule has 0 saturated carbocycles. The van der Waals surface area contributed by atoms with Crippen LogP contribution in [0.4, 0.5) is 5.82 Å². The maximum atomic E-state index is 11.5. The molecule has 88 valence electrons. The highest BCUT2D eigenvalue weighted by Gasteiger charge is 2.19. The highest BCUT2D eigenvalue weighted by molar-refractivity contribution is 9.10. The monoisotopic (exact) mass is 295 g/mol. The van der Waals surface area contributed by atoms with Gasteiger partial charge < -0.3 is 10.5 Å². The average molecular weight is 296 g/mol. The van der Waals surface area contributed by atoms with Crippen LogP contribution >= 0.6 is 15.9 Å². The van der Waals surface area contributed by atoms with Crippen LogP contribution in [0.25, 0.3) is 11.1 Å². The maximum Gasteiger partial charge on any atom is 0.356 e. The molecule has 0 bridgehead atoms. The van der Waals surface area contributed by atoms with E-state index in [0.29, 0.717) is 5.56 Å². The highest BCUT2D eigenvalue weighted by Crippen LogP contribution is 2.29. The Bertz CT molecular complexity index is 548. The normalized spacial score (nSPS) is 10.2. The molecular formula is C11H10BrN3O2. The molecule has 0 radical (unpaired) electrons. The molecule has 2 rings (SSSR count). The average Bonchev–Trinajstić information content (AvgIpc) is 2.71. The number of benzene rings is 1. The van der Waals surface area contributed by atoms with Crippen molar-refractivity contribution in [3.63, 3.8) is 0 Å². The number of nitrogen functional groups attached to an aromatic ring is 1. The zero-order chi connectivity index (χ0) is 12.4. The lowest BCUT2D eigenvalue weighted by atomic mass is 10.1. The molecule has 2 aromatic rings. The van der Waals surface area contributed by atoms with Gasteiger partial charge in [0.1, 0.15) is 0 Å². The van der Waals surface area contributed by atoms with Crippen molar-refractivity contribution < 1.29 is 9.53 Å². The Balaban J connectivity index is 2.54. The van der Waals surface area contributed by atoms with Gasteiger partial charge in [-0.05, 0) is 17.7 Å². The van der Waals surface area contributed by atoms with Crippen molar-refractivity contribution in [3.8, 4) is 11.1 Å². The molecular weight excluding hydrogens is 286 g/mol. The molecule has 0 aliphatic rings. The second-order valence-electron chi connectivity index (χ2n) is 3.36. The fraction of sp³-hybridized carbons (Fsp3) is 0.0909. The summed E-state index contributed by atoms with van der Waals surface area (Å²) in [5.41, 5.74) is 7.36. The summed E-state index contributed by atoms with van der Waals surface area (Å²) in [4.78, 5) is 11.5. The number of nitrogens with zero attached hydrogens (tertiary/aromatic N) is 1. The van der Waals surface area contributed by atoms with Crippen LogP contribution in [-0.4, -0.2) is 23.3 Å². The number of methoxy groups -OCH3 is 1. The van der Waals surface area contributed by atoms with E-state index < -0.39 is 5.97 Å². The molecule has 0 spiro atoms. The largest absolute Gasteiger partial charge is 0.464 e. The number of H-pyrrole nitrogens is 1. The van der Waals surface area contributed by atoms with E-state index in [0.717, 1.165) is 10.0 Å². The molecule has 1 aromatic heterocycles. The Kier molecular flexibility index (Phi) is 3.14. The third kappa shape index (κ3) is 2.16. The number of carbonyl (C=O) groups excluding carboxylic acids is 1. The SMILES string of the molecule is COC(=O)c1[nH]nc(N)c1-c1ccc(Br)cc1. The number of esters is 1. The topological polar surface area (TPSA) is 81.0 Å². The van der Waals surface area contributed by atoms with Gasteiger partial charge in [-0.1, -0.05) is 28.1 Å². The summed E-state index contributed by atoms with van der Waals surface area (Å²) in [6.45, 7) is 0. The fourth-order valence-electron chi connectivity index (χ4n) is 1.51. The fourth-order valence-corrected chi connectivity index (χ4v) is 1.78. The zero-order valence-electron chi connectivity index (χ0n) is 9.03. The van der Waals surface area contributed by atoms with Crippen molar-refractivity contribution in [2.45, 2.75) is 0 Å². The number of aromatic nitrogens is 2. The second-order valence-corrected chi connectivity index (χ2v) is 4.27. The van der Waals surface area contributed by atoms with E-state index in [1.54, 1.807) is 0 Å². The van der Waals surface area contributed by atoms with Crippen molar-refractivity contribution in [3.05, 3.63) is 34.4 Å². The van der Waals surface area contributed by atoms with Crippen molar-refractivity contribution >= 4 is 27.7 Å². The van der Waals surface area contributed by atoms with Gasteiger partial charge >= 0.3 is 5.97 Å². The summed E-state index contributed by atoms with van der Waals surface area (Å²) in [7, 11) is 1.31. The Hall–Kier alpha value is -1.82. The smallest absolute Gasteiger partial charge is 0.356 e. The van der Waals surface area contributed by atoms with E-state index in [4.69, 9.17) is 5.73 Å². The van der Waals surface area contributed by atoms with Crippen LogP contribution in [0.1, 0.15) is 10.5 Å². The Morgan fingerprint density at radius 1 is 1.41 bits per heavy atom. The molecule has 1 aromatic carbocycles.